The van der Waals surface area contributed by atoms with E-state index in [1.165, 1.54) is 0 Å². The second-order valence-electron chi connectivity index (χ2n) is 2.96. The molecule has 0 atom stereocenters. The monoisotopic (exact) mass is 197 g/mol. The van der Waals surface area contributed by atoms with Gasteiger partial charge in [0.2, 0.25) is 5.95 Å². The fraction of sp³-hybridized carbons (Fsp3) is 0.714. The SMILES string of the molecule is CCN(CCC(=N)N)c1nnnn1C. The van der Waals surface area contributed by atoms with Crippen LogP contribution in [0, 0.1) is 5.41 Å². The van der Waals surface area contributed by atoms with Crippen molar-refractivity contribution in [3.63, 3.8) is 0 Å². The van der Waals surface area contributed by atoms with Crippen molar-refractivity contribution >= 4 is 11.8 Å². The van der Waals surface area contributed by atoms with Gasteiger partial charge in [0.15, 0.2) is 0 Å². The molecule has 1 aromatic heterocycles. The van der Waals surface area contributed by atoms with Crippen LogP contribution < -0.4 is 10.6 Å². The number of nitrogens with zero attached hydrogens (tertiary/aromatic N) is 5. The van der Waals surface area contributed by atoms with Gasteiger partial charge in [-0.3, -0.25) is 5.41 Å². The molecular weight excluding hydrogens is 182 g/mol. The molecule has 0 unspecified atom stereocenters. The summed E-state index contributed by atoms with van der Waals surface area (Å²) in [4.78, 5) is 1.97. The van der Waals surface area contributed by atoms with Gasteiger partial charge in [-0.05, 0) is 17.4 Å². The Kier molecular flexibility index (Phi) is 3.38. The first kappa shape index (κ1) is 10.4. The molecule has 0 aliphatic carbocycles. The largest absolute Gasteiger partial charge is 0.388 e. The number of tetrazole rings is 1. The summed E-state index contributed by atoms with van der Waals surface area (Å²) in [6.07, 6.45) is 0.528. The second-order valence-corrected chi connectivity index (χ2v) is 2.96. The Morgan fingerprint density at radius 2 is 2.36 bits per heavy atom. The first-order valence-electron chi connectivity index (χ1n) is 4.45. The average molecular weight is 197 g/mol. The Morgan fingerprint density at radius 3 is 2.79 bits per heavy atom. The molecule has 1 rings (SSSR count). The van der Waals surface area contributed by atoms with E-state index in [4.69, 9.17) is 11.1 Å². The third kappa shape index (κ3) is 2.41. The van der Waals surface area contributed by atoms with Crippen LogP contribution in [0.2, 0.25) is 0 Å². The van der Waals surface area contributed by atoms with Crippen molar-refractivity contribution in [2.75, 3.05) is 18.0 Å². The van der Waals surface area contributed by atoms with Crippen molar-refractivity contribution in [1.82, 2.24) is 20.2 Å². The number of hydrogen-bond donors (Lipinski definition) is 2. The molecule has 78 valence electrons. The van der Waals surface area contributed by atoms with E-state index in [1.807, 2.05) is 11.8 Å². The summed E-state index contributed by atoms with van der Waals surface area (Å²) in [7, 11) is 1.78. The fourth-order valence-electron chi connectivity index (χ4n) is 1.15. The minimum absolute atomic E-state index is 0.179. The molecule has 3 N–H and O–H groups in total. The lowest BCUT2D eigenvalue weighted by molar-refractivity contribution is 0.685. The zero-order valence-electron chi connectivity index (χ0n) is 8.43. The van der Waals surface area contributed by atoms with Crippen LogP contribution in [0.5, 0.6) is 0 Å². The molecule has 0 spiro atoms. The van der Waals surface area contributed by atoms with Gasteiger partial charge in [0.25, 0.3) is 0 Å². The van der Waals surface area contributed by atoms with Gasteiger partial charge in [0.1, 0.15) is 0 Å². The predicted molar refractivity (Wildman–Crippen MR) is 53.2 cm³/mol. The molecular formula is C7H15N7. The van der Waals surface area contributed by atoms with Crippen molar-refractivity contribution in [3.05, 3.63) is 0 Å². The lowest BCUT2D eigenvalue weighted by Crippen LogP contribution is -2.29. The summed E-state index contributed by atoms with van der Waals surface area (Å²) in [6, 6.07) is 0. The molecule has 7 nitrogen and oxygen atoms in total. The lowest BCUT2D eigenvalue weighted by Gasteiger charge is -2.19. The zero-order chi connectivity index (χ0) is 10.6. The molecule has 1 heterocycles. The summed E-state index contributed by atoms with van der Waals surface area (Å²) < 4.78 is 1.60. The Balaban J connectivity index is 2.63. The highest BCUT2D eigenvalue weighted by molar-refractivity contribution is 5.77. The van der Waals surface area contributed by atoms with Crippen LogP contribution in [0.4, 0.5) is 5.95 Å². The molecule has 0 aliphatic rings. The molecule has 14 heavy (non-hydrogen) atoms. The van der Waals surface area contributed by atoms with Gasteiger partial charge in [0.05, 0.1) is 5.84 Å². The number of rotatable bonds is 5. The van der Waals surface area contributed by atoms with Crippen LogP contribution in [0.3, 0.4) is 0 Å². The molecule has 0 saturated heterocycles. The van der Waals surface area contributed by atoms with E-state index < -0.39 is 0 Å². The van der Waals surface area contributed by atoms with E-state index in [9.17, 15) is 0 Å². The molecule has 0 radical (unpaired) electrons. The molecule has 0 aliphatic heterocycles. The van der Waals surface area contributed by atoms with Crippen LogP contribution in [0.1, 0.15) is 13.3 Å². The number of nitrogens with two attached hydrogens (primary N) is 1. The highest BCUT2D eigenvalue weighted by Crippen LogP contribution is 2.06. The molecule has 0 amide bonds. The normalized spacial score (nSPS) is 10.1. The maximum atomic E-state index is 7.13. The van der Waals surface area contributed by atoms with Gasteiger partial charge in [-0.2, -0.15) is 0 Å². The van der Waals surface area contributed by atoms with Crippen LogP contribution in [0.25, 0.3) is 0 Å². The van der Waals surface area contributed by atoms with E-state index in [0.29, 0.717) is 18.9 Å². The summed E-state index contributed by atoms with van der Waals surface area (Å²) >= 11 is 0. The molecule has 0 bridgehead atoms. The number of anilines is 1. The van der Waals surface area contributed by atoms with Crippen molar-refractivity contribution < 1.29 is 0 Å². The van der Waals surface area contributed by atoms with Gasteiger partial charge in [-0.25, -0.2) is 4.68 Å². The zero-order valence-corrected chi connectivity index (χ0v) is 8.43. The van der Waals surface area contributed by atoms with Gasteiger partial charge in [0, 0.05) is 26.6 Å². The third-order valence-corrected chi connectivity index (χ3v) is 1.91. The first-order chi connectivity index (χ1) is 6.65. The smallest absolute Gasteiger partial charge is 0.245 e. The van der Waals surface area contributed by atoms with E-state index >= 15 is 0 Å². The van der Waals surface area contributed by atoms with Crippen molar-refractivity contribution in [3.8, 4) is 0 Å². The lowest BCUT2D eigenvalue weighted by atomic mass is 10.3. The quantitative estimate of drug-likeness (QED) is 0.483. The maximum Gasteiger partial charge on any atom is 0.245 e. The number of nitrogens with one attached hydrogen (secondary N) is 1. The predicted octanol–water partition coefficient (Wildman–Crippen LogP) is -0.638. The molecule has 0 saturated carbocycles. The van der Waals surface area contributed by atoms with Crippen LogP contribution in [-0.2, 0) is 7.05 Å². The Bertz CT molecular complexity index is 305. The Hall–Kier alpha value is -1.66. The number of hydrogen-bond acceptors (Lipinski definition) is 5. The summed E-state index contributed by atoms with van der Waals surface area (Å²) in [6.45, 7) is 3.47. The van der Waals surface area contributed by atoms with E-state index in [-0.39, 0.29) is 5.84 Å². The highest BCUT2D eigenvalue weighted by atomic mass is 15.6. The van der Waals surface area contributed by atoms with Gasteiger partial charge < -0.3 is 10.6 Å². The standard InChI is InChI=1S/C7H15N7/c1-3-14(5-4-6(8)9)7-10-11-12-13(7)2/h3-5H2,1-2H3,(H3,8,9). The van der Waals surface area contributed by atoms with Crippen molar-refractivity contribution in [2.24, 2.45) is 12.8 Å². The second kappa shape index (κ2) is 4.54. The minimum atomic E-state index is 0.179. The molecule has 0 fully saturated rings. The molecule has 7 heteroatoms. The Labute approximate surface area is 82.4 Å². The molecule has 1 aromatic rings. The van der Waals surface area contributed by atoms with E-state index in [0.717, 1.165) is 6.54 Å². The maximum absolute atomic E-state index is 7.13. The van der Waals surface area contributed by atoms with Crippen molar-refractivity contribution in [2.45, 2.75) is 13.3 Å². The van der Waals surface area contributed by atoms with E-state index in [2.05, 4.69) is 15.5 Å². The topological polar surface area (TPSA) is 96.7 Å². The van der Waals surface area contributed by atoms with Gasteiger partial charge >= 0.3 is 0 Å². The Morgan fingerprint density at radius 1 is 1.64 bits per heavy atom. The van der Waals surface area contributed by atoms with Crippen LogP contribution in [-0.4, -0.2) is 39.1 Å². The number of aromatic nitrogens is 4. The highest BCUT2D eigenvalue weighted by Gasteiger charge is 2.10. The average Bonchev–Trinajstić information content (AvgIpc) is 2.53. The summed E-state index contributed by atoms with van der Waals surface area (Å²) in [5.41, 5.74) is 5.29. The number of aryl methyl sites for hydroxylation is 1. The summed E-state index contributed by atoms with van der Waals surface area (Å²) in [5, 5.41) is 18.3. The molecule has 0 aromatic carbocycles. The van der Waals surface area contributed by atoms with E-state index in [1.54, 1.807) is 11.7 Å². The van der Waals surface area contributed by atoms with Gasteiger partial charge in [-0.15, -0.1) is 0 Å². The van der Waals surface area contributed by atoms with Gasteiger partial charge in [-0.1, -0.05) is 5.10 Å². The van der Waals surface area contributed by atoms with Crippen LogP contribution in [0.15, 0.2) is 0 Å². The number of amidine groups is 1. The fourth-order valence-corrected chi connectivity index (χ4v) is 1.15. The third-order valence-electron chi connectivity index (χ3n) is 1.91. The van der Waals surface area contributed by atoms with Crippen LogP contribution >= 0.6 is 0 Å². The first-order valence-corrected chi connectivity index (χ1v) is 4.45. The minimum Gasteiger partial charge on any atom is -0.388 e. The summed E-state index contributed by atoms with van der Waals surface area (Å²) in [5.74, 6) is 0.882. The van der Waals surface area contributed by atoms with Crippen molar-refractivity contribution in [1.29, 1.82) is 5.41 Å².